The van der Waals surface area contributed by atoms with Gasteiger partial charge < -0.3 is 46.0 Å². The first kappa shape index (κ1) is 62.1. The normalized spacial score (nSPS) is 22.6. The van der Waals surface area contributed by atoms with Gasteiger partial charge in [0.25, 0.3) is 0 Å². The second-order valence-electron chi connectivity index (χ2n) is 19.3. The number of carbonyl (C=O) groups excluding carboxylic acids is 1. The van der Waals surface area contributed by atoms with Gasteiger partial charge in [-0.05, 0) is 19.3 Å². The summed E-state index contributed by atoms with van der Waals surface area (Å²) in [6.45, 7) is 3.78. The van der Waals surface area contributed by atoms with Crippen molar-refractivity contribution < 1.29 is 59.0 Å². The molecule has 0 heterocycles. The average Bonchev–Trinajstić information content (AvgIpc) is 3.28. The molecule has 1 fully saturated rings. The summed E-state index contributed by atoms with van der Waals surface area (Å²) in [7, 11) is -5.14. The molecule has 0 aromatic heterocycles. The van der Waals surface area contributed by atoms with Crippen molar-refractivity contribution in [1.82, 2.24) is 5.32 Å². The van der Waals surface area contributed by atoms with Crippen LogP contribution in [0.25, 0.3) is 0 Å². The van der Waals surface area contributed by atoms with E-state index in [1.54, 1.807) is 6.08 Å². The lowest BCUT2D eigenvalue weighted by atomic mass is 9.85. The molecule has 1 aliphatic carbocycles. The fourth-order valence-corrected chi connectivity index (χ4v) is 9.74. The number of phosphoric acid groups is 1. The van der Waals surface area contributed by atoms with Gasteiger partial charge in [-0.3, -0.25) is 13.8 Å². The average molecular weight is 950 g/mol. The van der Waals surface area contributed by atoms with Crippen molar-refractivity contribution >= 4 is 13.7 Å². The molecule has 0 aromatic rings. The van der Waals surface area contributed by atoms with Crippen LogP contribution in [0.2, 0.25) is 0 Å². The molecule has 1 amide bonds. The predicted molar refractivity (Wildman–Crippen MR) is 261 cm³/mol. The summed E-state index contributed by atoms with van der Waals surface area (Å²) in [6.07, 6.45) is 31.5. The maximum Gasteiger partial charge on any atom is 0.472 e. The number of hydrogen-bond donors (Lipinski definition) is 9. The van der Waals surface area contributed by atoms with E-state index in [0.29, 0.717) is 12.8 Å². The molecule has 9 N–H and O–H groups in total. The Balaban J connectivity index is 2.46. The van der Waals surface area contributed by atoms with Crippen LogP contribution in [0.4, 0.5) is 0 Å². The fourth-order valence-electron chi connectivity index (χ4n) is 8.77. The van der Waals surface area contributed by atoms with Crippen molar-refractivity contribution in [2.45, 2.75) is 300 Å². The van der Waals surface area contributed by atoms with E-state index in [1.165, 1.54) is 173 Å². The predicted octanol–water partition coefficient (Wildman–Crippen LogP) is 10.2. The van der Waals surface area contributed by atoms with E-state index in [-0.39, 0.29) is 6.42 Å². The van der Waals surface area contributed by atoms with Crippen LogP contribution in [0.1, 0.15) is 245 Å². The molecule has 1 saturated carbocycles. The van der Waals surface area contributed by atoms with Crippen molar-refractivity contribution in [2.24, 2.45) is 0 Å². The van der Waals surface area contributed by atoms with Gasteiger partial charge in [0, 0.05) is 0 Å². The number of phosphoric ester groups is 1. The van der Waals surface area contributed by atoms with Crippen molar-refractivity contribution in [3.05, 3.63) is 12.2 Å². The highest BCUT2D eigenvalue weighted by Gasteiger charge is 2.51. The van der Waals surface area contributed by atoms with Crippen LogP contribution in [0.3, 0.4) is 0 Å². The number of rotatable bonds is 45. The van der Waals surface area contributed by atoms with E-state index in [4.69, 9.17) is 9.05 Å². The van der Waals surface area contributed by atoms with Crippen molar-refractivity contribution in [3.8, 4) is 0 Å². The molecule has 14 heteroatoms. The van der Waals surface area contributed by atoms with Crippen molar-refractivity contribution in [3.63, 3.8) is 0 Å². The Hall–Kier alpha value is -0.960. The maximum absolute atomic E-state index is 13.1. The number of aliphatic hydroxyl groups is 7. The molecule has 8 atom stereocenters. The van der Waals surface area contributed by atoms with E-state index >= 15 is 0 Å². The van der Waals surface area contributed by atoms with E-state index in [2.05, 4.69) is 19.2 Å². The second kappa shape index (κ2) is 40.9. The molecule has 65 heavy (non-hydrogen) atoms. The van der Waals surface area contributed by atoms with Crippen LogP contribution in [0.5, 0.6) is 0 Å². The van der Waals surface area contributed by atoms with Crippen LogP contribution in [0.15, 0.2) is 12.2 Å². The lowest BCUT2D eigenvalue weighted by Crippen LogP contribution is -2.64. The zero-order valence-electron chi connectivity index (χ0n) is 41.2. The molecule has 0 radical (unpaired) electrons. The number of hydrogen-bond acceptors (Lipinski definition) is 11. The maximum atomic E-state index is 13.1. The van der Waals surface area contributed by atoms with E-state index in [0.717, 1.165) is 44.9 Å². The number of aliphatic hydroxyl groups excluding tert-OH is 7. The van der Waals surface area contributed by atoms with E-state index in [9.17, 15) is 50.0 Å². The third-order valence-corrected chi connectivity index (χ3v) is 14.1. The molecule has 8 unspecified atom stereocenters. The molecule has 0 spiro atoms. The van der Waals surface area contributed by atoms with Gasteiger partial charge >= 0.3 is 7.82 Å². The van der Waals surface area contributed by atoms with E-state index in [1.807, 2.05) is 0 Å². The number of unbranched alkanes of at least 4 members (excludes halogenated alkanes) is 32. The molecule has 1 rings (SSSR count). The molecular weight excluding hydrogens is 850 g/mol. The van der Waals surface area contributed by atoms with Gasteiger partial charge in [-0.2, -0.15) is 0 Å². The number of amides is 1. The van der Waals surface area contributed by atoms with Crippen LogP contribution in [0, 0.1) is 0 Å². The summed E-state index contributed by atoms with van der Waals surface area (Å²) < 4.78 is 22.9. The summed E-state index contributed by atoms with van der Waals surface area (Å²) in [6, 6.07) is -1.24. The van der Waals surface area contributed by atoms with Gasteiger partial charge in [0.15, 0.2) is 0 Å². The standard InChI is InChI=1S/C51H100NO12P/c1-3-5-7-9-11-13-15-17-19-21-23-24-26-28-30-32-34-36-38-42(53)40-45(55)52-43(41-63-65(61,62)64-51-49(59)47(57)46(56)48(58)50(51)60)44(54)39-37-35-33-31-29-27-25-22-20-18-16-14-12-10-8-6-4-2/h37,39,42-44,46-51,53-54,56-60H,3-36,38,40-41H2,1-2H3,(H,52,55)(H,61,62)/b39-37+. The van der Waals surface area contributed by atoms with E-state index < -0.39 is 75.2 Å². The van der Waals surface area contributed by atoms with Gasteiger partial charge in [-0.15, -0.1) is 0 Å². The fraction of sp³-hybridized carbons (Fsp3) is 0.941. The number of carbonyl (C=O) groups is 1. The van der Waals surface area contributed by atoms with Gasteiger partial charge in [-0.25, -0.2) is 4.57 Å². The van der Waals surface area contributed by atoms with Gasteiger partial charge in [0.05, 0.1) is 31.3 Å². The summed E-state index contributed by atoms with van der Waals surface area (Å²) in [5, 5.41) is 74.7. The minimum absolute atomic E-state index is 0.239. The first-order valence-electron chi connectivity index (χ1n) is 26.7. The summed E-state index contributed by atoms with van der Waals surface area (Å²) >= 11 is 0. The van der Waals surface area contributed by atoms with Crippen LogP contribution < -0.4 is 5.32 Å². The highest BCUT2D eigenvalue weighted by Crippen LogP contribution is 2.47. The summed E-state index contributed by atoms with van der Waals surface area (Å²) in [5.74, 6) is -0.588. The molecular formula is C51H100NO12P. The number of nitrogens with one attached hydrogen (secondary N) is 1. The molecule has 0 aromatic carbocycles. The summed E-state index contributed by atoms with van der Waals surface area (Å²) in [4.78, 5) is 23.5. The molecule has 1 aliphatic rings. The summed E-state index contributed by atoms with van der Waals surface area (Å²) in [5.41, 5.74) is 0. The monoisotopic (exact) mass is 950 g/mol. The number of allylic oxidation sites excluding steroid dienone is 1. The quantitative estimate of drug-likeness (QED) is 0.0158. The van der Waals surface area contributed by atoms with Crippen LogP contribution in [-0.2, 0) is 18.4 Å². The Kier molecular flexibility index (Phi) is 39.0. The highest BCUT2D eigenvalue weighted by molar-refractivity contribution is 7.47. The zero-order chi connectivity index (χ0) is 48.0. The Bertz CT molecular complexity index is 1170. The minimum atomic E-state index is -5.14. The van der Waals surface area contributed by atoms with Gasteiger partial charge in [0.2, 0.25) is 5.91 Å². The minimum Gasteiger partial charge on any atom is -0.393 e. The third kappa shape index (κ3) is 32.5. The molecule has 13 nitrogen and oxygen atoms in total. The lowest BCUT2D eigenvalue weighted by Gasteiger charge is -2.41. The lowest BCUT2D eigenvalue weighted by molar-refractivity contribution is -0.220. The van der Waals surface area contributed by atoms with Gasteiger partial charge in [0.1, 0.15) is 36.6 Å². The smallest absolute Gasteiger partial charge is 0.393 e. The molecule has 0 saturated heterocycles. The van der Waals surface area contributed by atoms with Gasteiger partial charge in [-0.1, -0.05) is 231 Å². The highest BCUT2D eigenvalue weighted by atomic mass is 31.2. The van der Waals surface area contributed by atoms with Crippen molar-refractivity contribution in [1.29, 1.82) is 0 Å². The largest absolute Gasteiger partial charge is 0.472 e. The van der Waals surface area contributed by atoms with Crippen molar-refractivity contribution in [2.75, 3.05) is 6.61 Å². The Morgan fingerprint density at radius 1 is 0.538 bits per heavy atom. The molecule has 386 valence electrons. The molecule has 0 bridgehead atoms. The Morgan fingerprint density at radius 3 is 1.26 bits per heavy atom. The first-order valence-corrected chi connectivity index (χ1v) is 28.2. The topological polar surface area (TPSA) is 226 Å². The Labute approximate surface area is 395 Å². The second-order valence-corrected chi connectivity index (χ2v) is 20.7. The first-order chi connectivity index (χ1) is 31.3. The zero-order valence-corrected chi connectivity index (χ0v) is 42.1. The third-order valence-electron chi connectivity index (χ3n) is 13.1. The Morgan fingerprint density at radius 2 is 0.877 bits per heavy atom. The van der Waals surface area contributed by atoms with Crippen LogP contribution in [-0.4, -0.2) is 108 Å². The van der Waals surface area contributed by atoms with Crippen LogP contribution >= 0.6 is 7.82 Å². The SMILES string of the molecule is CCCCCCCCCCCCCCCCC/C=C/C(O)C(COP(=O)(O)OC1C(O)C(O)C(O)C(O)C1O)NC(=O)CC(O)CCCCCCCCCCCCCCCCCCCC. The molecule has 0 aliphatic heterocycles.